The Morgan fingerprint density at radius 2 is 1.96 bits per heavy atom. The Labute approximate surface area is 137 Å². The summed E-state index contributed by atoms with van der Waals surface area (Å²) in [6.45, 7) is 6.09. The largest absolute Gasteiger partial charge is 0.462 e. The van der Waals surface area contributed by atoms with E-state index in [1.54, 1.807) is 32.9 Å². The van der Waals surface area contributed by atoms with E-state index >= 15 is 0 Å². The Morgan fingerprint density at radius 1 is 1.30 bits per heavy atom. The summed E-state index contributed by atoms with van der Waals surface area (Å²) in [4.78, 5) is 12.1. The van der Waals surface area contributed by atoms with E-state index < -0.39 is 16.0 Å². The maximum absolute atomic E-state index is 12.6. The molecule has 0 bridgehead atoms. The van der Waals surface area contributed by atoms with Crippen molar-refractivity contribution in [1.29, 1.82) is 5.26 Å². The van der Waals surface area contributed by atoms with Crippen LogP contribution in [-0.2, 0) is 14.8 Å². The van der Waals surface area contributed by atoms with Crippen LogP contribution in [-0.4, -0.2) is 38.4 Å². The van der Waals surface area contributed by atoms with E-state index in [0.717, 1.165) is 0 Å². The highest BCUT2D eigenvalue weighted by atomic mass is 32.2. The summed E-state index contributed by atoms with van der Waals surface area (Å²) in [6.07, 6.45) is 0.765. The second kappa shape index (κ2) is 8.65. The van der Waals surface area contributed by atoms with E-state index in [2.05, 4.69) is 0 Å². The van der Waals surface area contributed by atoms with Crippen LogP contribution < -0.4 is 0 Å². The lowest BCUT2D eigenvalue weighted by Crippen LogP contribution is -2.31. The molecule has 1 rings (SSSR count). The van der Waals surface area contributed by atoms with Crippen LogP contribution in [0.4, 0.5) is 0 Å². The summed E-state index contributed by atoms with van der Waals surface area (Å²) in [6, 6.07) is 6.47. The van der Waals surface area contributed by atoms with E-state index in [0.29, 0.717) is 31.5 Å². The number of nitriles is 1. The molecule has 0 saturated carbocycles. The molecule has 0 aromatic heterocycles. The highest BCUT2D eigenvalue weighted by Crippen LogP contribution is 2.21. The third-order valence-electron chi connectivity index (χ3n) is 3.41. The minimum Gasteiger partial charge on any atom is -0.462 e. The van der Waals surface area contributed by atoms with Crippen molar-refractivity contribution in [2.75, 3.05) is 19.7 Å². The van der Waals surface area contributed by atoms with E-state index in [-0.39, 0.29) is 17.1 Å². The van der Waals surface area contributed by atoms with Gasteiger partial charge >= 0.3 is 5.97 Å². The number of carbonyl (C=O) groups is 1. The van der Waals surface area contributed by atoms with Gasteiger partial charge in [0.15, 0.2) is 0 Å². The van der Waals surface area contributed by atoms with Gasteiger partial charge in [-0.2, -0.15) is 9.57 Å². The first-order chi connectivity index (χ1) is 10.9. The zero-order valence-corrected chi connectivity index (χ0v) is 14.5. The minimum atomic E-state index is -3.63. The number of rotatable bonds is 8. The molecule has 0 aliphatic carbocycles. The lowest BCUT2D eigenvalue weighted by Gasteiger charge is -2.20. The molecule has 0 atom stereocenters. The third-order valence-corrected chi connectivity index (χ3v) is 5.61. The molecule has 7 heteroatoms. The highest BCUT2D eigenvalue weighted by molar-refractivity contribution is 7.89. The van der Waals surface area contributed by atoms with Crippen molar-refractivity contribution in [2.45, 2.75) is 38.5 Å². The zero-order chi connectivity index (χ0) is 17.5. The molecule has 0 fully saturated rings. The van der Waals surface area contributed by atoms with Crippen molar-refractivity contribution in [3.05, 3.63) is 29.3 Å². The summed E-state index contributed by atoms with van der Waals surface area (Å²) in [7, 11) is -3.63. The van der Waals surface area contributed by atoms with Crippen LogP contribution in [0.5, 0.6) is 0 Å². The predicted octanol–water partition coefficient (Wildman–Crippen LogP) is 2.49. The Balaban J connectivity index is 3.04. The van der Waals surface area contributed by atoms with Crippen LogP contribution in [0.25, 0.3) is 0 Å². The molecule has 23 heavy (non-hydrogen) atoms. The lowest BCUT2D eigenvalue weighted by atomic mass is 10.1. The molecule has 1 aromatic carbocycles. The maximum atomic E-state index is 12.6. The Hall–Kier alpha value is -1.91. The molecule has 1 aromatic rings. The van der Waals surface area contributed by atoms with Crippen molar-refractivity contribution < 1.29 is 17.9 Å². The summed E-state index contributed by atoms with van der Waals surface area (Å²) in [5.41, 5.74) is 0.774. The Kier molecular flexibility index (Phi) is 7.20. The van der Waals surface area contributed by atoms with Gasteiger partial charge in [-0.3, -0.25) is 0 Å². The van der Waals surface area contributed by atoms with Gasteiger partial charge in [-0.15, -0.1) is 0 Å². The molecule has 0 heterocycles. The maximum Gasteiger partial charge on any atom is 0.338 e. The van der Waals surface area contributed by atoms with Crippen molar-refractivity contribution in [3.8, 4) is 6.07 Å². The summed E-state index contributed by atoms with van der Waals surface area (Å²) >= 11 is 0. The summed E-state index contributed by atoms with van der Waals surface area (Å²) < 4.78 is 31.7. The molecular weight excluding hydrogens is 316 g/mol. The molecule has 0 radical (unpaired) electrons. The fraction of sp³-hybridized carbons (Fsp3) is 0.500. The quantitative estimate of drug-likeness (QED) is 0.537. The van der Waals surface area contributed by atoms with Crippen LogP contribution in [0, 0.1) is 18.3 Å². The fourth-order valence-electron chi connectivity index (χ4n) is 2.11. The highest BCUT2D eigenvalue weighted by Gasteiger charge is 2.24. The van der Waals surface area contributed by atoms with Crippen molar-refractivity contribution in [2.24, 2.45) is 0 Å². The van der Waals surface area contributed by atoms with Crippen molar-refractivity contribution in [1.82, 2.24) is 4.31 Å². The van der Waals surface area contributed by atoms with Gasteiger partial charge in [0.25, 0.3) is 0 Å². The molecule has 0 unspecified atom stereocenters. The molecule has 126 valence electrons. The Bertz CT molecular complexity index is 689. The van der Waals surface area contributed by atoms with Crippen molar-refractivity contribution >= 4 is 16.0 Å². The molecule has 0 N–H and O–H groups in total. The zero-order valence-electron chi connectivity index (χ0n) is 13.7. The van der Waals surface area contributed by atoms with Crippen LogP contribution in [0.15, 0.2) is 23.1 Å². The molecule has 6 nitrogen and oxygen atoms in total. The van der Waals surface area contributed by atoms with Gasteiger partial charge in [-0.25, -0.2) is 13.2 Å². The smallest absolute Gasteiger partial charge is 0.338 e. The fourth-order valence-corrected chi connectivity index (χ4v) is 3.82. The molecule has 0 spiro atoms. The normalized spacial score (nSPS) is 11.3. The third kappa shape index (κ3) is 4.78. The van der Waals surface area contributed by atoms with E-state index in [4.69, 9.17) is 10.00 Å². The average molecular weight is 338 g/mol. The summed E-state index contributed by atoms with van der Waals surface area (Å²) in [5.74, 6) is -0.584. The molecule has 0 aliphatic rings. The number of hydrogen-bond acceptors (Lipinski definition) is 5. The van der Waals surface area contributed by atoms with Crippen LogP contribution >= 0.6 is 0 Å². The van der Waals surface area contributed by atoms with Gasteiger partial charge in [0.05, 0.1) is 23.1 Å². The average Bonchev–Trinajstić information content (AvgIpc) is 2.52. The van der Waals surface area contributed by atoms with Gasteiger partial charge in [0.2, 0.25) is 10.0 Å². The number of nitrogens with zero attached hydrogens (tertiary/aromatic N) is 2. The van der Waals surface area contributed by atoms with E-state index in [9.17, 15) is 13.2 Å². The van der Waals surface area contributed by atoms with Crippen molar-refractivity contribution in [3.63, 3.8) is 0 Å². The SMILES string of the molecule is CCN(CC)S(=O)(=O)c1cc(C(=O)OCCCC#N)ccc1C. The number of esters is 1. The van der Waals surface area contributed by atoms with E-state index in [1.165, 1.54) is 10.4 Å². The number of ether oxygens (including phenoxy) is 1. The van der Waals surface area contributed by atoms with Crippen LogP contribution in [0.2, 0.25) is 0 Å². The van der Waals surface area contributed by atoms with Gasteiger partial charge in [-0.1, -0.05) is 19.9 Å². The number of benzene rings is 1. The molecule has 0 aliphatic heterocycles. The lowest BCUT2D eigenvalue weighted by molar-refractivity contribution is 0.0501. The summed E-state index contributed by atoms with van der Waals surface area (Å²) in [5, 5.41) is 8.44. The van der Waals surface area contributed by atoms with Crippen LogP contribution in [0.1, 0.15) is 42.6 Å². The molecular formula is C16H22N2O4S. The monoisotopic (exact) mass is 338 g/mol. The second-order valence-corrected chi connectivity index (χ2v) is 6.87. The first-order valence-corrected chi connectivity index (χ1v) is 8.97. The standard InChI is InChI=1S/C16H22N2O4S/c1-4-18(5-2)23(20,21)15-12-14(9-8-13(15)3)16(19)22-11-7-6-10-17/h8-9,12H,4-7,11H2,1-3H3. The number of aryl methyl sites for hydroxylation is 1. The first kappa shape index (κ1) is 19.1. The van der Waals surface area contributed by atoms with Gasteiger partial charge in [0.1, 0.15) is 0 Å². The number of sulfonamides is 1. The topological polar surface area (TPSA) is 87.5 Å². The number of hydrogen-bond donors (Lipinski definition) is 0. The predicted molar refractivity (Wildman–Crippen MR) is 86.4 cm³/mol. The first-order valence-electron chi connectivity index (χ1n) is 7.53. The molecule has 0 amide bonds. The van der Waals surface area contributed by atoms with E-state index in [1.807, 2.05) is 6.07 Å². The van der Waals surface area contributed by atoms with Gasteiger partial charge < -0.3 is 4.74 Å². The van der Waals surface area contributed by atoms with Gasteiger partial charge in [0, 0.05) is 19.5 Å². The number of unbranched alkanes of at least 4 members (excludes halogenated alkanes) is 1. The second-order valence-electron chi connectivity index (χ2n) is 4.97. The van der Waals surface area contributed by atoms with Gasteiger partial charge in [-0.05, 0) is 31.0 Å². The Morgan fingerprint density at radius 3 is 2.52 bits per heavy atom. The number of carbonyl (C=O) groups excluding carboxylic acids is 1. The van der Waals surface area contributed by atoms with Crippen LogP contribution in [0.3, 0.4) is 0 Å². The molecule has 0 saturated heterocycles. The minimum absolute atomic E-state index is 0.118.